The van der Waals surface area contributed by atoms with Gasteiger partial charge in [-0.2, -0.15) is 8.42 Å². The van der Waals surface area contributed by atoms with E-state index in [2.05, 4.69) is 5.32 Å². The Bertz CT molecular complexity index is 859. The van der Waals surface area contributed by atoms with Gasteiger partial charge in [0.25, 0.3) is 16.0 Å². The molecule has 2 aliphatic heterocycles. The maximum atomic E-state index is 12.4. The average Bonchev–Trinajstić information content (AvgIpc) is 2.60. The van der Waals surface area contributed by atoms with Gasteiger partial charge in [-0.15, -0.1) is 0 Å². The third-order valence-corrected chi connectivity index (χ3v) is 5.89. The van der Waals surface area contributed by atoms with Crippen LogP contribution in [0.5, 0.6) is 0 Å². The average molecular weight is 411 g/mol. The van der Waals surface area contributed by atoms with Crippen molar-refractivity contribution in [3.63, 3.8) is 0 Å². The number of rotatable bonds is 6. The summed E-state index contributed by atoms with van der Waals surface area (Å²) in [6.45, 7) is 7.21. The molecule has 1 unspecified atom stereocenters. The smallest absolute Gasteiger partial charge is 0.297 e. The number of benzene rings is 1. The number of carbonyl (C=O) groups excluding carboxylic acids is 1. The summed E-state index contributed by atoms with van der Waals surface area (Å²) in [6, 6.07) is 6.40. The van der Waals surface area contributed by atoms with Crippen LogP contribution >= 0.6 is 0 Å². The van der Waals surface area contributed by atoms with Crippen LogP contribution in [0.25, 0.3) is 0 Å². The van der Waals surface area contributed by atoms with Crippen LogP contribution in [0.2, 0.25) is 0 Å². The fourth-order valence-electron chi connectivity index (χ4n) is 2.99. The second-order valence-corrected chi connectivity index (χ2v) is 8.68. The number of aryl methyl sites for hydroxylation is 1. The lowest BCUT2D eigenvalue weighted by molar-refractivity contribution is -0.267. The van der Waals surface area contributed by atoms with Crippen molar-refractivity contribution in [1.82, 2.24) is 5.32 Å². The highest BCUT2D eigenvalue weighted by Crippen LogP contribution is 2.25. The zero-order valence-corrected chi connectivity index (χ0v) is 17.1. The molecular formula is C19H25NO7S. The molecule has 28 heavy (non-hydrogen) atoms. The maximum absolute atomic E-state index is 12.4. The van der Waals surface area contributed by atoms with Gasteiger partial charge in [0.2, 0.25) is 0 Å². The van der Waals surface area contributed by atoms with Crippen molar-refractivity contribution in [2.75, 3.05) is 13.2 Å². The number of carbonyl (C=O) groups is 1. The second kappa shape index (κ2) is 8.30. The monoisotopic (exact) mass is 411 g/mol. The van der Waals surface area contributed by atoms with Crippen molar-refractivity contribution in [1.29, 1.82) is 0 Å². The Labute approximate surface area is 164 Å². The van der Waals surface area contributed by atoms with Crippen LogP contribution in [0.15, 0.2) is 40.3 Å². The highest BCUT2D eigenvalue weighted by Gasteiger charge is 2.41. The molecule has 2 fully saturated rings. The topological polar surface area (TPSA) is 100 Å². The molecule has 0 spiro atoms. The van der Waals surface area contributed by atoms with Crippen molar-refractivity contribution >= 4 is 16.0 Å². The predicted molar refractivity (Wildman–Crippen MR) is 99.8 cm³/mol. The van der Waals surface area contributed by atoms with Gasteiger partial charge in [0.05, 0.1) is 23.7 Å². The lowest BCUT2D eigenvalue weighted by Gasteiger charge is -2.40. The predicted octanol–water partition coefficient (Wildman–Crippen LogP) is 1.64. The Morgan fingerprint density at radius 1 is 1.25 bits per heavy atom. The first-order valence-electron chi connectivity index (χ1n) is 9.04. The van der Waals surface area contributed by atoms with E-state index in [0.717, 1.165) is 11.1 Å². The fraction of sp³-hybridized carbons (Fsp3) is 0.526. The van der Waals surface area contributed by atoms with Crippen molar-refractivity contribution in [3.05, 3.63) is 41.0 Å². The van der Waals surface area contributed by atoms with Gasteiger partial charge >= 0.3 is 0 Å². The van der Waals surface area contributed by atoms with Crippen molar-refractivity contribution < 1.29 is 31.6 Å². The Morgan fingerprint density at radius 3 is 2.54 bits per heavy atom. The number of amides is 1. The van der Waals surface area contributed by atoms with Gasteiger partial charge in [-0.1, -0.05) is 23.3 Å². The molecule has 0 aromatic heterocycles. The minimum Gasteiger partial charge on any atom is -0.350 e. The summed E-state index contributed by atoms with van der Waals surface area (Å²) in [5.41, 5.74) is 2.37. The molecule has 3 rings (SSSR count). The summed E-state index contributed by atoms with van der Waals surface area (Å²) in [4.78, 5) is 11.8. The van der Waals surface area contributed by atoms with E-state index < -0.39 is 34.8 Å². The maximum Gasteiger partial charge on any atom is 0.297 e. The molecule has 0 bridgehead atoms. The van der Waals surface area contributed by atoms with Gasteiger partial charge in [0.1, 0.15) is 12.2 Å². The van der Waals surface area contributed by atoms with E-state index in [1.165, 1.54) is 12.1 Å². The van der Waals surface area contributed by atoms with E-state index in [9.17, 15) is 13.2 Å². The van der Waals surface area contributed by atoms with Gasteiger partial charge in [-0.05, 0) is 39.8 Å². The van der Waals surface area contributed by atoms with Crippen LogP contribution in [0.1, 0.15) is 26.3 Å². The fourth-order valence-corrected chi connectivity index (χ4v) is 3.91. The molecule has 4 atom stereocenters. The molecule has 154 valence electrons. The van der Waals surface area contributed by atoms with E-state index in [0.29, 0.717) is 5.57 Å². The highest BCUT2D eigenvalue weighted by molar-refractivity contribution is 7.86. The van der Waals surface area contributed by atoms with E-state index in [1.807, 2.05) is 20.8 Å². The molecule has 2 heterocycles. The SMILES string of the molecule is CC(C)=C1C(=O)NC1O[C@@H]1CO[C@@H](C)O[C@H]1COS(=O)(=O)c1ccc(C)cc1. The molecule has 2 saturated heterocycles. The highest BCUT2D eigenvalue weighted by atomic mass is 32.2. The van der Waals surface area contributed by atoms with E-state index in [-0.39, 0.29) is 24.0 Å². The molecule has 0 aliphatic carbocycles. The van der Waals surface area contributed by atoms with Gasteiger partial charge < -0.3 is 19.5 Å². The first-order chi connectivity index (χ1) is 13.2. The Morgan fingerprint density at radius 2 is 1.93 bits per heavy atom. The van der Waals surface area contributed by atoms with Crippen LogP contribution in [0, 0.1) is 6.92 Å². The van der Waals surface area contributed by atoms with Crippen molar-refractivity contribution in [2.24, 2.45) is 0 Å². The molecule has 1 amide bonds. The lowest BCUT2D eigenvalue weighted by Crippen LogP contribution is -2.58. The molecule has 0 radical (unpaired) electrons. The summed E-state index contributed by atoms with van der Waals surface area (Å²) in [5, 5.41) is 2.67. The van der Waals surface area contributed by atoms with Gasteiger partial charge in [-0.25, -0.2) is 0 Å². The van der Waals surface area contributed by atoms with Gasteiger partial charge in [-0.3, -0.25) is 8.98 Å². The zero-order chi connectivity index (χ0) is 20.5. The number of hydrogen-bond donors (Lipinski definition) is 1. The lowest BCUT2D eigenvalue weighted by atomic mass is 10.0. The molecular weight excluding hydrogens is 386 g/mol. The largest absolute Gasteiger partial charge is 0.350 e. The van der Waals surface area contributed by atoms with Gasteiger partial charge in [0, 0.05) is 0 Å². The van der Waals surface area contributed by atoms with Crippen LogP contribution in [-0.2, 0) is 33.3 Å². The standard InChI is InChI=1S/C19H25NO7S/c1-11(2)17-18(21)20-19(17)27-15-9-24-13(4)26-16(15)10-25-28(22,23)14-7-5-12(3)6-8-14/h5-8,13,15-16,19H,9-10H2,1-4H3,(H,20,21)/t13-,15-,16+,19?/m1/s1. The molecule has 2 aliphatic rings. The molecule has 9 heteroatoms. The Kier molecular flexibility index (Phi) is 6.21. The number of nitrogens with one attached hydrogen (secondary N) is 1. The number of allylic oxidation sites excluding steroid dienone is 1. The second-order valence-electron chi connectivity index (χ2n) is 7.07. The summed E-state index contributed by atoms with van der Waals surface area (Å²) in [5.74, 6) is -0.175. The van der Waals surface area contributed by atoms with Gasteiger partial charge in [0.15, 0.2) is 12.5 Å². The quantitative estimate of drug-likeness (QED) is 0.431. The summed E-state index contributed by atoms with van der Waals surface area (Å²) < 4.78 is 47.1. The molecule has 1 aromatic rings. The third-order valence-electron chi connectivity index (χ3n) is 4.59. The van der Waals surface area contributed by atoms with Crippen LogP contribution in [0.4, 0.5) is 0 Å². The normalized spacial score (nSPS) is 27.9. The Balaban J connectivity index is 1.67. The summed E-state index contributed by atoms with van der Waals surface area (Å²) in [6.07, 6.45) is -2.35. The van der Waals surface area contributed by atoms with E-state index in [4.69, 9.17) is 18.4 Å². The van der Waals surface area contributed by atoms with Crippen LogP contribution < -0.4 is 5.32 Å². The first-order valence-corrected chi connectivity index (χ1v) is 10.4. The van der Waals surface area contributed by atoms with Crippen LogP contribution in [-0.4, -0.2) is 52.3 Å². The molecule has 0 saturated carbocycles. The zero-order valence-electron chi connectivity index (χ0n) is 16.3. The van der Waals surface area contributed by atoms with Crippen molar-refractivity contribution in [2.45, 2.75) is 57.3 Å². The summed E-state index contributed by atoms with van der Waals surface area (Å²) in [7, 11) is -3.93. The number of β-lactam (4-membered cyclic amide) rings is 1. The Hall–Kier alpha value is -1.78. The molecule has 8 nitrogen and oxygen atoms in total. The first kappa shape index (κ1) is 20.9. The van der Waals surface area contributed by atoms with E-state index in [1.54, 1.807) is 19.1 Å². The minimum absolute atomic E-state index is 0.0776. The molecule has 1 N–H and O–H groups in total. The minimum atomic E-state index is -3.93. The summed E-state index contributed by atoms with van der Waals surface area (Å²) >= 11 is 0. The number of hydrogen-bond acceptors (Lipinski definition) is 7. The molecule has 1 aromatic carbocycles. The third kappa shape index (κ3) is 4.61. The van der Waals surface area contributed by atoms with E-state index >= 15 is 0 Å². The van der Waals surface area contributed by atoms with Crippen molar-refractivity contribution in [3.8, 4) is 0 Å². The number of ether oxygens (including phenoxy) is 3. The van der Waals surface area contributed by atoms with Crippen LogP contribution in [0.3, 0.4) is 0 Å².